The first-order chi connectivity index (χ1) is 18.6. The number of carbonyl (C=O) groups is 2. The number of rotatable bonds is 7. The van der Waals surface area contributed by atoms with E-state index in [9.17, 15) is 19.8 Å². The number of nitrogens with zero attached hydrogens (tertiary/aromatic N) is 3. The number of aliphatic hydroxyl groups excluding tert-OH is 1. The Morgan fingerprint density at radius 1 is 1.38 bits per heavy atom. The van der Waals surface area contributed by atoms with Gasteiger partial charge >= 0.3 is 11.9 Å². The lowest BCUT2D eigenvalue weighted by molar-refractivity contribution is -0.181. The summed E-state index contributed by atoms with van der Waals surface area (Å²) in [5, 5.41) is 31.5. The molecule has 10 nitrogen and oxygen atoms in total. The molecule has 3 aliphatic rings. The molecule has 0 saturated carbocycles. The number of esters is 2. The summed E-state index contributed by atoms with van der Waals surface area (Å²) in [4.78, 5) is 30.9. The van der Waals surface area contributed by atoms with Gasteiger partial charge in [-0.2, -0.15) is 5.26 Å². The second-order valence-corrected chi connectivity index (χ2v) is 15.9. The lowest BCUT2D eigenvalue weighted by Crippen LogP contribution is -2.59. The Morgan fingerprint density at radius 3 is 2.85 bits per heavy atom. The Labute approximate surface area is 226 Å². The van der Waals surface area contributed by atoms with E-state index < -0.39 is 37.9 Å². The number of imidazole rings is 1. The van der Waals surface area contributed by atoms with E-state index >= 15 is 0 Å². The van der Waals surface area contributed by atoms with Crippen molar-refractivity contribution in [1.29, 1.82) is 5.26 Å². The van der Waals surface area contributed by atoms with Crippen molar-refractivity contribution in [3.63, 3.8) is 0 Å². The summed E-state index contributed by atoms with van der Waals surface area (Å²) in [5.41, 5.74) is 7.04. The summed E-state index contributed by atoms with van der Waals surface area (Å²) in [6.07, 6.45) is 3.18. The van der Waals surface area contributed by atoms with Gasteiger partial charge in [0.2, 0.25) is 5.60 Å². The number of hydrogen-bond acceptors (Lipinski definition) is 9. The Bertz CT molecular complexity index is 1580. The van der Waals surface area contributed by atoms with Gasteiger partial charge in [0.05, 0.1) is 24.9 Å². The molecule has 4 N–H and O–H groups in total. The van der Waals surface area contributed by atoms with Crippen LogP contribution in [0.25, 0.3) is 11.8 Å². The van der Waals surface area contributed by atoms with Crippen molar-refractivity contribution in [3.8, 4) is 11.8 Å². The van der Waals surface area contributed by atoms with Gasteiger partial charge in [0, 0.05) is 24.0 Å². The minimum absolute atomic E-state index is 0.0411. The molecule has 1 aliphatic carbocycles. The smallest absolute Gasteiger partial charge is 0.355 e. The molecule has 204 valence electrons. The molecule has 0 amide bonds. The fourth-order valence-electron chi connectivity index (χ4n) is 5.98. The largest absolute Gasteiger partial charge is 0.508 e. The van der Waals surface area contributed by atoms with Gasteiger partial charge in [-0.15, -0.1) is 0 Å². The molecule has 5 rings (SSSR count). The molecule has 11 heteroatoms. The van der Waals surface area contributed by atoms with E-state index in [0.717, 1.165) is 11.1 Å². The van der Waals surface area contributed by atoms with Crippen molar-refractivity contribution in [3.05, 3.63) is 57.0 Å². The number of aromatic hydroxyl groups is 1. The van der Waals surface area contributed by atoms with Crippen molar-refractivity contribution in [2.75, 3.05) is 6.54 Å². The van der Waals surface area contributed by atoms with Crippen LogP contribution in [0.3, 0.4) is 0 Å². The van der Waals surface area contributed by atoms with Crippen LogP contribution in [-0.4, -0.2) is 57.6 Å². The maximum atomic E-state index is 13.7. The van der Waals surface area contributed by atoms with E-state index in [0.29, 0.717) is 53.1 Å². The van der Waals surface area contributed by atoms with Crippen molar-refractivity contribution in [1.82, 2.24) is 9.55 Å². The number of nitrogens with two attached hydrogens (primary N) is 1. The summed E-state index contributed by atoms with van der Waals surface area (Å²) in [6.45, 7) is 5.90. The Balaban J connectivity index is 1.74. The molecule has 2 aliphatic heterocycles. The quantitative estimate of drug-likeness (QED) is 0.225. The van der Waals surface area contributed by atoms with E-state index in [1.807, 2.05) is 16.7 Å². The maximum Gasteiger partial charge on any atom is 0.355 e. The summed E-state index contributed by atoms with van der Waals surface area (Å²) in [5.74, 6) is -1.31. The molecule has 0 fully saturated rings. The van der Waals surface area contributed by atoms with E-state index in [4.69, 9.17) is 25.5 Å². The van der Waals surface area contributed by atoms with Gasteiger partial charge in [0.15, 0.2) is 0 Å². The van der Waals surface area contributed by atoms with Crippen LogP contribution in [0.2, 0.25) is 19.1 Å². The highest BCUT2D eigenvalue weighted by Gasteiger charge is 2.57. The zero-order valence-corrected chi connectivity index (χ0v) is 23.3. The number of ether oxygens (including phenoxy) is 2. The van der Waals surface area contributed by atoms with E-state index in [-0.39, 0.29) is 24.4 Å². The normalized spacial score (nSPS) is 21.6. The maximum absolute atomic E-state index is 13.7. The number of fused-ring (bicyclic) bond motifs is 4. The number of phenols is 1. The molecule has 0 bridgehead atoms. The number of hydrogen-bond donors (Lipinski definition) is 3. The van der Waals surface area contributed by atoms with Crippen LogP contribution >= 0.6 is 0 Å². The van der Waals surface area contributed by atoms with Gasteiger partial charge in [-0.25, -0.2) is 9.78 Å². The monoisotopic (exact) mass is 548 g/mol. The molecule has 0 saturated heterocycles. The predicted molar refractivity (Wildman–Crippen MR) is 144 cm³/mol. The Morgan fingerprint density at radius 2 is 2.15 bits per heavy atom. The SMILES string of the molecule is CCC1(OC(=O)CN)C(=O)OC([Si](C)(C)CCCC#N)C2=C1Cc1nc3n(c1=C2O)Cc1ccc(O)cc1C=3. The second kappa shape index (κ2) is 9.70. The first kappa shape index (κ1) is 26.7. The van der Waals surface area contributed by atoms with Crippen LogP contribution in [0.4, 0.5) is 0 Å². The first-order valence-electron chi connectivity index (χ1n) is 13.1. The predicted octanol–water partition coefficient (Wildman–Crippen LogP) is 1.43. The van der Waals surface area contributed by atoms with E-state index in [1.165, 1.54) is 0 Å². The molecule has 1 aromatic carbocycles. The fourth-order valence-corrected chi connectivity index (χ4v) is 8.85. The van der Waals surface area contributed by atoms with E-state index in [2.05, 4.69) is 19.2 Å². The first-order valence-corrected chi connectivity index (χ1v) is 16.4. The van der Waals surface area contributed by atoms with Crippen LogP contribution in [0.15, 0.2) is 29.3 Å². The fraction of sp³-hybridized carbons (Fsp3) is 0.429. The number of nitriles is 1. The standard InChI is InChI=1S/C28H32N4O6Si/c1-4-28(38-22(34)14-30)19-13-20-24(32-15-16-7-8-18(33)11-17(16)12-21(32)31-20)25(35)23(19)26(37-27(28)36)39(2,3)10-6-5-9-29/h7-8,11-12,26,33,35H,4-6,10,13-15,30H2,1-3H3. The van der Waals surface area contributed by atoms with Crippen LogP contribution < -0.4 is 16.6 Å². The summed E-state index contributed by atoms with van der Waals surface area (Å²) < 4.78 is 13.7. The van der Waals surface area contributed by atoms with Crippen molar-refractivity contribution < 1.29 is 29.3 Å². The van der Waals surface area contributed by atoms with Gasteiger partial charge in [-0.05, 0) is 42.2 Å². The lowest BCUT2D eigenvalue weighted by Gasteiger charge is -2.45. The third kappa shape index (κ3) is 4.24. The highest BCUT2D eigenvalue weighted by atomic mass is 28.3. The zero-order chi connectivity index (χ0) is 28.1. The Kier molecular flexibility index (Phi) is 6.64. The number of unbranched alkanes of at least 4 members (excludes halogenated alkanes) is 1. The van der Waals surface area contributed by atoms with Crippen molar-refractivity contribution in [2.24, 2.45) is 5.73 Å². The second-order valence-electron chi connectivity index (χ2n) is 10.9. The minimum Gasteiger partial charge on any atom is -0.508 e. The topological polar surface area (TPSA) is 161 Å². The molecule has 1 aromatic heterocycles. The molecule has 3 heterocycles. The van der Waals surface area contributed by atoms with Gasteiger partial charge in [0.1, 0.15) is 36.1 Å². The highest BCUT2D eigenvalue weighted by Crippen LogP contribution is 2.45. The van der Waals surface area contributed by atoms with Crippen LogP contribution in [0.1, 0.15) is 43.0 Å². The van der Waals surface area contributed by atoms with Crippen LogP contribution in [0.5, 0.6) is 5.75 Å². The van der Waals surface area contributed by atoms with Crippen molar-refractivity contribution in [2.45, 2.75) is 69.6 Å². The number of phenolic OH excluding ortho intramolecular Hbond substituents is 1. The van der Waals surface area contributed by atoms with Gasteiger partial charge in [0.25, 0.3) is 0 Å². The average Bonchev–Trinajstić information content (AvgIpc) is 3.26. The summed E-state index contributed by atoms with van der Waals surface area (Å²) in [6, 6.07) is 8.01. The molecular weight excluding hydrogens is 516 g/mol. The number of carbonyl (C=O) groups excluding carboxylic acids is 2. The minimum atomic E-state index is -2.42. The van der Waals surface area contributed by atoms with Gasteiger partial charge in [-0.1, -0.05) is 32.1 Å². The summed E-state index contributed by atoms with van der Waals surface area (Å²) in [7, 11) is -2.42. The van der Waals surface area contributed by atoms with Crippen LogP contribution in [0, 0.1) is 11.3 Å². The average molecular weight is 549 g/mol. The molecule has 2 aromatic rings. The van der Waals surface area contributed by atoms with Gasteiger partial charge in [-0.3, -0.25) is 4.79 Å². The zero-order valence-electron chi connectivity index (χ0n) is 22.3. The van der Waals surface area contributed by atoms with Crippen molar-refractivity contribution >= 4 is 31.8 Å². The number of aromatic nitrogens is 2. The Hall–Kier alpha value is -3.88. The van der Waals surface area contributed by atoms with E-state index in [1.54, 1.807) is 19.1 Å². The summed E-state index contributed by atoms with van der Waals surface area (Å²) >= 11 is 0. The third-order valence-corrected chi connectivity index (χ3v) is 11.5. The molecule has 0 spiro atoms. The third-order valence-electron chi connectivity index (χ3n) is 8.04. The lowest BCUT2D eigenvalue weighted by atomic mass is 9.79. The molecule has 2 atom stereocenters. The van der Waals surface area contributed by atoms with Crippen LogP contribution in [-0.2, 0) is 32.0 Å². The molecule has 0 radical (unpaired) electrons. The van der Waals surface area contributed by atoms with Gasteiger partial charge < -0.3 is 30.0 Å². The molecular formula is C28H32N4O6Si. The molecule has 2 unspecified atom stereocenters. The number of benzene rings is 1. The number of aliphatic hydroxyl groups is 1. The number of cyclic esters (lactones) is 1. The molecule has 39 heavy (non-hydrogen) atoms. The highest BCUT2D eigenvalue weighted by molar-refractivity contribution is 6.79.